The summed E-state index contributed by atoms with van der Waals surface area (Å²) in [5, 5.41) is 3.32. The Kier molecular flexibility index (Phi) is 4.39. The quantitative estimate of drug-likeness (QED) is 0.865. The van der Waals surface area contributed by atoms with Crippen molar-refractivity contribution < 1.29 is 4.42 Å². The molecule has 0 radical (unpaired) electrons. The van der Waals surface area contributed by atoms with Crippen LogP contribution in [0, 0.1) is 6.92 Å². The SMILES string of the molecule is CCCNc1ncnc(N(C)Cc2ccco2)c1C. The monoisotopic (exact) mass is 260 g/mol. The van der Waals surface area contributed by atoms with Gasteiger partial charge in [0.15, 0.2) is 0 Å². The van der Waals surface area contributed by atoms with Gasteiger partial charge in [0, 0.05) is 19.2 Å². The topological polar surface area (TPSA) is 54.2 Å². The summed E-state index contributed by atoms with van der Waals surface area (Å²) < 4.78 is 5.36. The second kappa shape index (κ2) is 6.22. The lowest BCUT2D eigenvalue weighted by molar-refractivity contribution is 0.506. The summed E-state index contributed by atoms with van der Waals surface area (Å²) in [6, 6.07) is 3.85. The summed E-state index contributed by atoms with van der Waals surface area (Å²) in [5.74, 6) is 2.74. The molecule has 0 saturated heterocycles. The molecule has 0 saturated carbocycles. The lowest BCUT2D eigenvalue weighted by Gasteiger charge is -2.20. The third kappa shape index (κ3) is 3.24. The highest BCUT2D eigenvalue weighted by Gasteiger charge is 2.12. The van der Waals surface area contributed by atoms with Gasteiger partial charge in [0.1, 0.15) is 23.7 Å². The average Bonchev–Trinajstić information content (AvgIpc) is 2.90. The molecule has 1 N–H and O–H groups in total. The molecule has 0 fully saturated rings. The smallest absolute Gasteiger partial charge is 0.137 e. The molecule has 2 heterocycles. The first-order valence-electron chi connectivity index (χ1n) is 6.51. The fourth-order valence-corrected chi connectivity index (χ4v) is 1.96. The zero-order valence-corrected chi connectivity index (χ0v) is 11.7. The highest BCUT2D eigenvalue weighted by Crippen LogP contribution is 2.22. The van der Waals surface area contributed by atoms with Crippen molar-refractivity contribution in [1.29, 1.82) is 0 Å². The molecule has 0 aliphatic carbocycles. The van der Waals surface area contributed by atoms with Crippen molar-refractivity contribution in [3.63, 3.8) is 0 Å². The van der Waals surface area contributed by atoms with Crippen molar-refractivity contribution in [2.24, 2.45) is 0 Å². The van der Waals surface area contributed by atoms with Gasteiger partial charge in [-0.2, -0.15) is 0 Å². The van der Waals surface area contributed by atoms with Crippen LogP contribution in [-0.2, 0) is 6.54 Å². The lowest BCUT2D eigenvalue weighted by atomic mass is 10.2. The minimum absolute atomic E-state index is 0.693. The van der Waals surface area contributed by atoms with Crippen LogP contribution in [0.15, 0.2) is 29.1 Å². The summed E-state index contributed by atoms with van der Waals surface area (Å²) in [7, 11) is 2.00. The highest BCUT2D eigenvalue weighted by atomic mass is 16.3. The minimum atomic E-state index is 0.693. The van der Waals surface area contributed by atoms with E-state index in [9.17, 15) is 0 Å². The number of anilines is 2. The van der Waals surface area contributed by atoms with Gasteiger partial charge in [-0.05, 0) is 25.5 Å². The van der Waals surface area contributed by atoms with E-state index in [4.69, 9.17) is 4.42 Å². The predicted octanol–water partition coefficient (Wildman–Crippen LogP) is 2.84. The Bertz CT molecular complexity index is 510. The molecule has 5 heteroatoms. The number of hydrogen-bond donors (Lipinski definition) is 1. The standard InChI is InChI=1S/C14H20N4O/c1-4-7-15-13-11(2)14(17-10-16-13)18(3)9-12-6-5-8-19-12/h5-6,8,10H,4,7,9H2,1-3H3,(H,15,16,17). The Morgan fingerprint density at radius 1 is 1.37 bits per heavy atom. The van der Waals surface area contributed by atoms with Crippen LogP contribution in [0.2, 0.25) is 0 Å². The van der Waals surface area contributed by atoms with Gasteiger partial charge in [0.25, 0.3) is 0 Å². The Morgan fingerprint density at radius 2 is 2.21 bits per heavy atom. The van der Waals surface area contributed by atoms with Crippen LogP contribution in [-0.4, -0.2) is 23.6 Å². The fraction of sp³-hybridized carbons (Fsp3) is 0.429. The normalized spacial score (nSPS) is 10.5. The van der Waals surface area contributed by atoms with E-state index >= 15 is 0 Å². The van der Waals surface area contributed by atoms with Crippen LogP contribution in [0.4, 0.5) is 11.6 Å². The number of aromatic nitrogens is 2. The molecule has 0 aromatic carbocycles. The third-order valence-electron chi connectivity index (χ3n) is 2.93. The van der Waals surface area contributed by atoms with E-state index in [-0.39, 0.29) is 0 Å². The van der Waals surface area contributed by atoms with Gasteiger partial charge in [0.2, 0.25) is 0 Å². The first kappa shape index (κ1) is 13.4. The van der Waals surface area contributed by atoms with Gasteiger partial charge in [-0.3, -0.25) is 0 Å². The van der Waals surface area contributed by atoms with Crippen LogP contribution in [0.5, 0.6) is 0 Å². The van der Waals surface area contributed by atoms with Crippen LogP contribution in [0.25, 0.3) is 0 Å². The molecule has 102 valence electrons. The molecule has 0 bridgehead atoms. The second-order valence-electron chi connectivity index (χ2n) is 4.53. The van der Waals surface area contributed by atoms with Crippen LogP contribution >= 0.6 is 0 Å². The third-order valence-corrected chi connectivity index (χ3v) is 2.93. The Labute approximate surface area is 113 Å². The summed E-state index contributed by atoms with van der Waals surface area (Å²) in [4.78, 5) is 10.7. The van der Waals surface area contributed by atoms with E-state index in [1.165, 1.54) is 0 Å². The minimum Gasteiger partial charge on any atom is -0.467 e. The van der Waals surface area contributed by atoms with Crippen molar-refractivity contribution in [2.75, 3.05) is 23.8 Å². The second-order valence-corrected chi connectivity index (χ2v) is 4.53. The van der Waals surface area contributed by atoms with E-state index in [0.29, 0.717) is 6.54 Å². The summed E-state index contributed by atoms with van der Waals surface area (Å²) in [6.07, 6.45) is 4.35. The van der Waals surface area contributed by atoms with Gasteiger partial charge in [-0.25, -0.2) is 9.97 Å². The number of hydrogen-bond acceptors (Lipinski definition) is 5. The van der Waals surface area contributed by atoms with Gasteiger partial charge in [-0.15, -0.1) is 0 Å². The molecular formula is C14H20N4O. The van der Waals surface area contributed by atoms with Gasteiger partial charge in [0.05, 0.1) is 12.8 Å². The van der Waals surface area contributed by atoms with Gasteiger partial charge in [-0.1, -0.05) is 6.92 Å². The van der Waals surface area contributed by atoms with E-state index in [0.717, 1.165) is 35.9 Å². The molecule has 5 nitrogen and oxygen atoms in total. The van der Waals surface area contributed by atoms with E-state index in [1.54, 1.807) is 12.6 Å². The molecule has 0 aliphatic rings. The maximum Gasteiger partial charge on any atom is 0.137 e. The van der Waals surface area contributed by atoms with Crippen molar-refractivity contribution in [3.05, 3.63) is 36.0 Å². The van der Waals surface area contributed by atoms with Gasteiger partial charge >= 0.3 is 0 Å². The first-order valence-corrected chi connectivity index (χ1v) is 6.51. The van der Waals surface area contributed by atoms with E-state index in [1.807, 2.05) is 26.1 Å². The summed E-state index contributed by atoms with van der Waals surface area (Å²) >= 11 is 0. The maximum atomic E-state index is 5.36. The van der Waals surface area contributed by atoms with Gasteiger partial charge < -0.3 is 14.6 Å². The molecule has 2 aromatic rings. The molecule has 0 unspecified atom stereocenters. The van der Waals surface area contributed by atoms with Crippen molar-refractivity contribution in [2.45, 2.75) is 26.8 Å². The number of furan rings is 1. The Morgan fingerprint density at radius 3 is 2.89 bits per heavy atom. The molecule has 19 heavy (non-hydrogen) atoms. The summed E-state index contributed by atoms with van der Waals surface area (Å²) in [6.45, 7) is 5.77. The van der Waals surface area contributed by atoms with Crippen LogP contribution < -0.4 is 10.2 Å². The Hall–Kier alpha value is -2.04. The Balaban J connectivity index is 2.14. The van der Waals surface area contributed by atoms with Crippen LogP contribution in [0.3, 0.4) is 0 Å². The maximum absolute atomic E-state index is 5.36. The zero-order valence-electron chi connectivity index (χ0n) is 11.7. The number of nitrogens with zero attached hydrogens (tertiary/aromatic N) is 3. The van der Waals surface area contributed by atoms with E-state index in [2.05, 4.69) is 27.1 Å². The van der Waals surface area contributed by atoms with Crippen molar-refractivity contribution >= 4 is 11.6 Å². The number of rotatable bonds is 6. The zero-order chi connectivity index (χ0) is 13.7. The highest BCUT2D eigenvalue weighted by molar-refractivity contribution is 5.57. The van der Waals surface area contributed by atoms with Crippen molar-refractivity contribution in [1.82, 2.24) is 9.97 Å². The summed E-state index contributed by atoms with van der Waals surface area (Å²) in [5.41, 5.74) is 1.06. The van der Waals surface area contributed by atoms with Crippen LogP contribution in [0.1, 0.15) is 24.7 Å². The van der Waals surface area contributed by atoms with Crippen molar-refractivity contribution in [3.8, 4) is 0 Å². The molecular weight excluding hydrogens is 240 g/mol. The molecule has 0 aliphatic heterocycles. The lowest BCUT2D eigenvalue weighted by Crippen LogP contribution is -2.19. The largest absolute Gasteiger partial charge is 0.467 e. The molecule has 0 amide bonds. The average molecular weight is 260 g/mol. The molecule has 2 rings (SSSR count). The first-order chi connectivity index (χ1) is 9.22. The van der Waals surface area contributed by atoms with E-state index < -0.39 is 0 Å². The molecule has 0 spiro atoms. The predicted molar refractivity (Wildman–Crippen MR) is 76.4 cm³/mol. The number of nitrogens with one attached hydrogen (secondary N) is 1. The fourth-order valence-electron chi connectivity index (χ4n) is 1.96. The molecule has 0 atom stereocenters. The molecule has 2 aromatic heterocycles.